The van der Waals surface area contributed by atoms with E-state index in [9.17, 15) is 19.5 Å². The Hall–Kier alpha value is -2.42. The number of nitrogens with one attached hydrogen (secondary N) is 2. The number of phenolic OH excluding ortho intramolecular Hbond substituents is 1. The van der Waals surface area contributed by atoms with Gasteiger partial charge in [0.25, 0.3) is 0 Å². The first kappa shape index (κ1) is 29.6. The monoisotopic (exact) mass is 495 g/mol. The highest BCUT2D eigenvalue weighted by atomic mass is 32.1. The fourth-order valence-corrected chi connectivity index (χ4v) is 3.63. The van der Waals surface area contributed by atoms with Gasteiger partial charge in [0, 0.05) is 22.4 Å². The second-order valence-corrected chi connectivity index (χ2v) is 11.8. The minimum atomic E-state index is -1.16. The Morgan fingerprint density at radius 3 is 2.06 bits per heavy atom. The number of para-hydroxylation sites is 1. The summed E-state index contributed by atoms with van der Waals surface area (Å²) in [6.07, 6.45) is -0.761. The van der Waals surface area contributed by atoms with Crippen LogP contribution >= 0.6 is 12.6 Å². The van der Waals surface area contributed by atoms with Crippen LogP contribution in [0.2, 0.25) is 0 Å². The summed E-state index contributed by atoms with van der Waals surface area (Å²) in [5.74, 6) is -1.06. The molecule has 0 heterocycles. The Labute approximate surface area is 209 Å². The number of nitrogens with zero attached hydrogens (tertiary/aromatic N) is 1. The summed E-state index contributed by atoms with van der Waals surface area (Å²) in [5, 5.41) is 16.4. The first-order chi connectivity index (χ1) is 15.3. The van der Waals surface area contributed by atoms with Gasteiger partial charge in [-0.3, -0.25) is 9.59 Å². The normalized spacial score (nSPS) is 14.1. The number of amides is 3. The number of hydrogen-bond acceptors (Lipinski definition) is 6. The van der Waals surface area contributed by atoms with Gasteiger partial charge in [-0.2, -0.15) is 12.6 Å². The lowest BCUT2D eigenvalue weighted by Crippen LogP contribution is -2.60. The van der Waals surface area contributed by atoms with Gasteiger partial charge in [0.2, 0.25) is 11.8 Å². The van der Waals surface area contributed by atoms with E-state index in [1.54, 1.807) is 66.7 Å². The first-order valence-electron chi connectivity index (χ1n) is 11.3. The molecule has 3 N–H and O–H groups in total. The van der Waals surface area contributed by atoms with Crippen LogP contribution in [0.4, 0.5) is 4.79 Å². The SMILES string of the molecule is Cc1cccc(C(C(=O)NC(C)(C)C)N(C(=O)C(CS)NC(=O)OC(C)(C)C)C(C)(C)C)c1O. The number of aromatic hydroxyl groups is 1. The van der Waals surface area contributed by atoms with E-state index >= 15 is 0 Å². The zero-order valence-corrected chi connectivity index (χ0v) is 23.0. The Morgan fingerprint density at radius 1 is 1.06 bits per heavy atom. The van der Waals surface area contributed by atoms with Crippen molar-refractivity contribution in [2.45, 2.75) is 98.0 Å². The minimum absolute atomic E-state index is 0.0158. The lowest BCUT2D eigenvalue weighted by molar-refractivity contribution is -0.148. The first-order valence-corrected chi connectivity index (χ1v) is 12.0. The van der Waals surface area contributed by atoms with Crippen LogP contribution in [-0.4, -0.2) is 56.4 Å². The fourth-order valence-electron chi connectivity index (χ4n) is 3.39. The molecule has 3 amide bonds. The van der Waals surface area contributed by atoms with Gasteiger partial charge in [-0.05, 0) is 74.8 Å². The Balaban J connectivity index is 3.60. The molecule has 0 saturated carbocycles. The molecule has 9 heteroatoms. The van der Waals surface area contributed by atoms with E-state index < -0.39 is 46.7 Å². The highest BCUT2D eigenvalue weighted by Crippen LogP contribution is 2.36. The van der Waals surface area contributed by atoms with Crippen LogP contribution in [0.5, 0.6) is 5.75 Å². The summed E-state index contributed by atoms with van der Waals surface area (Å²) in [6.45, 7) is 17.8. The minimum Gasteiger partial charge on any atom is -0.507 e. The van der Waals surface area contributed by atoms with Crippen molar-refractivity contribution in [3.8, 4) is 5.75 Å². The molecule has 0 aliphatic rings. The summed E-state index contributed by atoms with van der Waals surface area (Å²) >= 11 is 4.28. The molecule has 0 aromatic heterocycles. The number of carbonyl (C=O) groups excluding carboxylic acids is 3. The number of thiol groups is 1. The molecule has 0 aliphatic heterocycles. The van der Waals surface area contributed by atoms with Crippen LogP contribution in [0.25, 0.3) is 0 Å². The molecule has 0 saturated heterocycles. The molecular formula is C25H41N3O5S. The topological polar surface area (TPSA) is 108 Å². The number of rotatable bonds is 6. The van der Waals surface area contributed by atoms with Gasteiger partial charge in [-0.15, -0.1) is 0 Å². The van der Waals surface area contributed by atoms with Gasteiger partial charge >= 0.3 is 6.09 Å². The molecule has 0 radical (unpaired) electrons. The van der Waals surface area contributed by atoms with Gasteiger partial charge in [0.15, 0.2) is 0 Å². The number of alkyl carbamates (subject to hydrolysis) is 1. The number of hydrogen-bond donors (Lipinski definition) is 4. The largest absolute Gasteiger partial charge is 0.507 e. The average molecular weight is 496 g/mol. The van der Waals surface area contributed by atoms with Crippen molar-refractivity contribution in [3.63, 3.8) is 0 Å². The molecule has 192 valence electrons. The van der Waals surface area contributed by atoms with Crippen molar-refractivity contribution in [1.29, 1.82) is 0 Å². The van der Waals surface area contributed by atoms with Gasteiger partial charge in [0.1, 0.15) is 23.4 Å². The van der Waals surface area contributed by atoms with Crippen LogP contribution in [0.1, 0.15) is 79.5 Å². The number of benzene rings is 1. The van der Waals surface area contributed by atoms with Gasteiger partial charge in [-0.25, -0.2) is 4.79 Å². The molecular weight excluding hydrogens is 454 g/mol. The van der Waals surface area contributed by atoms with E-state index in [4.69, 9.17) is 4.74 Å². The van der Waals surface area contributed by atoms with E-state index in [1.165, 1.54) is 4.90 Å². The Kier molecular flexibility index (Phi) is 9.48. The van der Waals surface area contributed by atoms with Gasteiger partial charge in [0.05, 0.1) is 0 Å². The number of phenols is 1. The molecule has 1 aromatic carbocycles. The molecule has 1 aromatic rings. The number of aryl methyl sites for hydroxylation is 1. The van der Waals surface area contributed by atoms with Crippen LogP contribution in [0, 0.1) is 6.92 Å². The predicted octanol–water partition coefficient (Wildman–Crippen LogP) is 4.11. The summed E-state index contributed by atoms with van der Waals surface area (Å²) in [7, 11) is 0. The summed E-state index contributed by atoms with van der Waals surface area (Å²) in [5.41, 5.74) is -1.33. The number of carbonyl (C=O) groups is 3. The van der Waals surface area contributed by atoms with E-state index in [0.29, 0.717) is 11.1 Å². The lowest BCUT2D eigenvalue weighted by atomic mass is 9.93. The zero-order valence-electron chi connectivity index (χ0n) is 22.1. The highest BCUT2D eigenvalue weighted by Gasteiger charge is 2.43. The molecule has 8 nitrogen and oxygen atoms in total. The molecule has 34 heavy (non-hydrogen) atoms. The van der Waals surface area contributed by atoms with Crippen LogP contribution in [-0.2, 0) is 14.3 Å². The summed E-state index contributed by atoms with van der Waals surface area (Å²) in [4.78, 5) is 41.2. The van der Waals surface area contributed by atoms with Crippen LogP contribution < -0.4 is 10.6 Å². The molecule has 0 aliphatic carbocycles. The Morgan fingerprint density at radius 2 is 1.62 bits per heavy atom. The van der Waals surface area contributed by atoms with Crippen LogP contribution in [0.3, 0.4) is 0 Å². The maximum Gasteiger partial charge on any atom is 0.408 e. The molecule has 0 fully saturated rings. The smallest absolute Gasteiger partial charge is 0.408 e. The Bertz CT molecular complexity index is 897. The van der Waals surface area contributed by atoms with E-state index in [1.807, 2.05) is 20.8 Å². The number of ether oxygens (including phenoxy) is 1. The predicted molar refractivity (Wildman–Crippen MR) is 137 cm³/mol. The zero-order chi connectivity index (χ0) is 26.6. The van der Waals surface area contributed by atoms with Crippen molar-refractivity contribution in [1.82, 2.24) is 15.5 Å². The van der Waals surface area contributed by atoms with Crippen molar-refractivity contribution >= 4 is 30.5 Å². The maximum absolute atomic E-state index is 13.8. The van der Waals surface area contributed by atoms with Crippen molar-refractivity contribution in [2.24, 2.45) is 0 Å². The molecule has 1 rings (SSSR count). The summed E-state index contributed by atoms with van der Waals surface area (Å²) in [6, 6.07) is 2.85. The molecule has 0 spiro atoms. The van der Waals surface area contributed by atoms with Crippen molar-refractivity contribution < 1.29 is 24.2 Å². The van der Waals surface area contributed by atoms with E-state index in [-0.39, 0.29) is 11.5 Å². The fraction of sp³-hybridized carbons (Fsp3) is 0.640. The molecule has 2 atom stereocenters. The van der Waals surface area contributed by atoms with E-state index in [0.717, 1.165) is 0 Å². The second kappa shape index (κ2) is 10.9. The van der Waals surface area contributed by atoms with Gasteiger partial charge < -0.3 is 25.4 Å². The second-order valence-electron chi connectivity index (χ2n) is 11.4. The lowest BCUT2D eigenvalue weighted by Gasteiger charge is -2.43. The standard InChI is InChI=1S/C25H41N3O5S/c1-15-12-11-13-16(19(15)29)18(20(30)27-23(2,3)4)28(24(5,6)7)21(31)17(14-34)26-22(32)33-25(8,9)10/h11-13,17-18,29,34H,14H2,1-10H3,(H,26,32)(H,27,30). The highest BCUT2D eigenvalue weighted by molar-refractivity contribution is 7.80. The van der Waals surface area contributed by atoms with Crippen LogP contribution in [0.15, 0.2) is 18.2 Å². The van der Waals surface area contributed by atoms with Crippen molar-refractivity contribution in [2.75, 3.05) is 5.75 Å². The maximum atomic E-state index is 13.8. The quantitative estimate of drug-likeness (QED) is 0.444. The average Bonchev–Trinajstić information content (AvgIpc) is 2.62. The van der Waals surface area contributed by atoms with Crippen molar-refractivity contribution in [3.05, 3.63) is 29.3 Å². The summed E-state index contributed by atoms with van der Waals surface area (Å²) < 4.78 is 5.30. The third kappa shape index (κ3) is 8.42. The third-order valence-corrected chi connectivity index (χ3v) is 5.07. The van der Waals surface area contributed by atoms with Gasteiger partial charge in [-0.1, -0.05) is 18.2 Å². The van der Waals surface area contributed by atoms with E-state index in [2.05, 4.69) is 23.3 Å². The molecule has 0 bridgehead atoms. The molecule has 2 unspecified atom stereocenters. The third-order valence-electron chi connectivity index (χ3n) is 4.70.